The predicted molar refractivity (Wildman–Crippen MR) is 75.3 cm³/mol. The second-order valence-corrected chi connectivity index (χ2v) is 4.88. The third kappa shape index (κ3) is 6.31. The van der Waals surface area contributed by atoms with E-state index in [0.717, 1.165) is 12.1 Å². The standard InChI is InChI=1S/C15H17F2N3O2/c16-11-6-10(7-12(17)9-11)8-14(21)20-13(15(19)22)4-2-1-3-5-18/h6-7,9,13H,1-4,8H2,(H2,19,22)(H,20,21)/t13-/m1/s1. The Balaban J connectivity index is 2.56. The minimum absolute atomic E-state index is 0.169. The van der Waals surface area contributed by atoms with Gasteiger partial charge in [0.2, 0.25) is 11.8 Å². The molecule has 1 rings (SSSR count). The number of nitrogens with zero attached hydrogens (tertiary/aromatic N) is 1. The summed E-state index contributed by atoms with van der Waals surface area (Å²) in [5, 5.41) is 10.9. The van der Waals surface area contributed by atoms with Gasteiger partial charge in [-0.2, -0.15) is 5.26 Å². The molecule has 3 N–H and O–H groups in total. The van der Waals surface area contributed by atoms with E-state index in [1.165, 1.54) is 0 Å². The molecule has 0 bridgehead atoms. The van der Waals surface area contributed by atoms with Crippen molar-refractivity contribution in [3.8, 4) is 6.07 Å². The Labute approximate surface area is 127 Å². The smallest absolute Gasteiger partial charge is 0.239 e. The van der Waals surface area contributed by atoms with Gasteiger partial charge in [0.25, 0.3) is 0 Å². The number of primary amides is 1. The summed E-state index contributed by atoms with van der Waals surface area (Å²) in [6.45, 7) is 0. The first-order chi connectivity index (χ1) is 10.4. The average Bonchev–Trinajstić information content (AvgIpc) is 2.40. The van der Waals surface area contributed by atoms with Crippen molar-refractivity contribution in [2.75, 3.05) is 0 Å². The summed E-state index contributed by atoms with van der Waals surface area (Å²) in [5.74, 6) is -2.78. The van der Waals surface area contributed by atoms with E-state index in [-0.39, 0.29) is 12.0 Å². The van der Waals surface area contributed by atoms with Crippen LogP contribution < -0.4 is 11.1 Å². The summed E-state index contributed by atoms with van der Waals surface area (Å²) in [5.41, 5.74) is 5.37. The molecule has 5 nitrogen and oxygen atoms in total. The molecule has 1 aromatic rings. The maximum atomic E-state index is 13.0. The molecule has 7 heteroatoms. The van der Waals surface area contributed by atoms with Gasteiger partial charge in [0.05, 0.1) is 12.5 Å². The first kappa shape index (κ1) is 17.6. The van der Waals surface area contributed by atoms with Gasteiger partial charge in [-0.15, -0.1) is 0 Å². The van der Waals surface area contributed by atoms with Gasteiger partial charge in [-0.3, -0.25) is 9.59 Å². The van der Waals surface area contributed by atoms with Crippen molar-refractivity contribution in [1.29, 1.82) is 5.26 Å². The number of halogens is 2. The van der Waals surface area contributed by atoms with Crippen LogP contribution in [0.4, 0.5) is 8.78 Å². The fraction of sp³-hybridized carbons (Fsp3) is 0.400. The van der Waals surface area contributed by atoms with Crippen molar-refractivity contribution >= 4 is 11.8 Å². The Hall–Kier alpha value is -2.49. The minimum Gasteiger partial charge on any atom is -0.368 e. The molecule has 0 fully saturated rings. The van der Waals surface area contributed by atoms with Crippen LogP contribution in [-0.4, -0.2) is 17.9 Å². The van der Waals surface area contributed by atoms with Crippen molar-refractivity contribution in [3.63, 3.8) is 0 Å². The van der Waals surface area contributed by atoms with Crippen LogP contribution in [0.15, 0.2) is 18.2 Å². The third-order valence-electron chi connectivity index (χ3n) is 3.00. The SMILES string of the molecule is N#CCCCC[C@@H](NC(=O)Cc1cc(F)cc(F)c1)C(N)=O. The van der Waals surface area contributed by atoms with E-state index in [1.807, 2.05) is 6.07 Å². The molecule has 0 aliphatic carbocycles. The number of nitrogens with one attached hydrogen (secondary N) is 1. The molecule has 0 aliphatic heterocycles. The van der Waals surface area contributed by atoms with Crippen LogP contribution in [0.1, 0.15) is 31.2 Å². The van der Waals surface area contributed by atoms with Gasteiger partial charge < -0.3 is 11.1 Å². The van der Waals surface area contributed by atoms with Crippen molar-refractivity contribution in [2.45, 2.75) is 38.1 Å². The number of nitriles is 1. The summed E-state index contributed by atoms with van der Waals surface area (Å²) < 4.78 is 26.1. The zero-order valence-corrected chi connectivity index (χ0v) is 11.9. The second-order valence-electron chi connectivity index (χ2n) is 4.88. The predicted octanol–water partition coefficient (Wildman–Crippen LogP) is 1.56. The van der Waals surface area contributed by atoms with Crippen LogP contribution in [-0.2, 0) is 16.0 Å². The fourth-order valence-corrected chi connectivity index (χ4v) is 1.98. The Bertz CT molecular complexity index is 564. The Morgan fingerprint density at radius 3 is 2.41 bits per heavy atom. The molecule has 0 saturated heterocycles. The number of hydrogen-bond acceptors (Lipinski definition) is 3. The fourth-order valence-electron chi connectivity index (χ4n) is 1.98. The van der Waals surface area contributed by atoms with Crippen LogP contribution in [0.2, 0.25) is 0 Å². The molecule has 0 heterocycles. The summed E-state index contributed by atoms with van der Waals surface area (Å²) in [4.78, 5) is 23.1. The van der Waals surface area contributed by atoms with Gasteiger partial charge in [-0.1, -0.05) is 0 Å². The molecule has 1 atom stereocenters. The number of amides is 2. The lowest BCUT2D eigenvalue weighted by Gasteiger charge is -2.15. The van der Waals surface area contributed by atoms with E-state index in [9.17, 15) is 18.4 Å². The quantitative estimate of drug-likeness (QED) is 0.713. The van der Waals surface area contributed by atoms with Crippen LogP contribution in [0, 0.1) is 23.0 Å². The van der Waals surface area contributed by atoms with Crippen molar-refractivity contribution in [2.24, 2.45) is 5.73 Å². The number of nitrogens with two attached hydrogens (primary N) is 1. The highest BCUT2D eigenvalue weighted by atomic mass is 19.1. The third-order valence-corrected chi connectivity index (χ3v) is 3.00. The van der Waals surface area contributed by atoms with E-state index in [1.54, 1.807) is 0 Å². The second kappa shape index (κ2) is 8.72. The molecule has 1 aromatic carbocycles. The molecule has 0 aliphatic rings. The van der Waals surface area contributed by atoms with E-state index in [4.69, 9.17) is 11.0 Å². The van der Waals surface area contributed by atoms with Gasteiger partial charge in [0.1, 0.15) is 17.7 Å². The molecule has 0 aromatic heterocycles. The molecular formula is C15H17F2N3O2. The molecule has 118 valence electrons. The largest absolute Gasteiger partial charge is 0.368 e. The molecule has 0 saturated carbocycles. The average molecular weight is 309 g/mol. The molecule has 0 unspecified atom stereocenters. The molecule has 0 radical (unpaired) electrons. The normalized spacial score (nSPS) is 11.5. The first-order valence-corrected chi connectivity index (χ1v) is 6.83. The lowest BCUT2D eigenvalue weighted by atomic mass is 10.1. The summed E-state index contributed by atoms with van der Waals surface area (Å²) >= 11 is 0. The highest BCUT2D eigenvalue weighted by molar-refractivity contribution is 5.87. The lowest BCUT2D eigenvalue weighted by Crippen LogP contribution is -2.45. The monoisotopic (exact) mass is 309 g/mol. The highest BCUT2D eigenvalue weighted by Crippen LogP contribution is 2.09. The number of rotatable bonds is 8. The molecular weight excluding hydrogens is 292 g/mol. The minimum atomic E-state index is -0.857. The lowest BCUT2D eigenvalue weighted by molar-refractivity contribution is -0.127. The number of hydrogen-bond donors (Lipinski definition) is 2. The van der Waals surface area contributed by atoms with Gasteiger partial charge >= 0.3 is 0 Å². The zero-order chi connectivity index (χ0) is 16.5. The molecule has 22 heavy (non-hydrogen) atoms. The maximum Gasteiger partial charge on any atom is 0.239 e. The van der Waals surface area contributed by atoms with Crippen LogP contribution in [0.3, 0.4) is 0 Å². The summed E-state index contributed by atoms with van der Waals surface area (Å²) in [6, 6.07) is 3.94. The van der Waals surface area contributed by atoms with Gasteiger partial charge in [0, 0.05) is 12.5 Å². The van der Waals surface area contributed by atoms with Crippen molar-refractivity contribution < 1.29 is 18.4 Å². The van der Waals surface area contributed by atoms with Gasteiger partial charge in [-0.05, 0) is 37.0 Å². The Kier molecular flexibility index (Phi) is 6.96. The van der Waals surface area contributed by atoms with Crippen LogP contribution >= 0.6 is 0 Å². The van der Waals surface area contributed by atoms with Crippen LogP contribution in [0.25, 0.3) is 0 Å². The summed E-state index contributed by atoms with van der Waals surface area (Å²) in [7, 11) is 0. The first-order valence-electron chi connectivity index (χ1n) is 6.83. The van der Waals surface area contributed by atoms with Gasteiger partial charge in [0.15, 0.2) is 0 Å². The van der Waals surface area contributed by atoms with E-state index >= 15 is 0 Å². The van der Waals surface area contributed by atoms with E-state index in [2.05, 4.69) is 5.32 Å². The van der Waals surface area contributed by atoms with Crippen molar-refractivity contribution in [3.05, 3.63) is 35.4 Å². The molecule has 2 amide bonds. The number of benzene rings is 1. The Morgan fingerprint density at radius 1 is 1.23 bits per heavy atom. The highest BCUT2D eigenvalue weighted by Gasteiger charge is 2.18. The van der Waals surface area contributed by atoms with Crippen LogP contribution in [0.5, 0.6) is 0 Å². The topological polar surface area (TPSA) is 96.0 Å². The molecule has 0 spiro atoms. The number of unbranched alkanes of at least 4 members (excludes halogenated alkanes) is 2. The zero-order valence-electron chi connectivity index (χ0n) is 11.9. The number of carbonyl (C=O) groups is 2. The van der Waals surface area contributed by atoms with E-state index < -0.39 is 29.5 Å². The number of carbonyl (C=O) groups excluding carboxylic acids is 2. The van der Waals surface area contributed by atoms with Gasteiger partial charge in [-0.25, -0.2) is 8.78 Å². The summed E-state index contributed by atoms with van der Waals surface area (Å²) in [6.07, 6.45) is 1.60. The van der Waals surface area contributed by atoms with Crippen molar-refractivity contribution in [1.82, 2.24) is 5.32 Å². The van der Waals surface area contributed by atoms with E-state index in [0.29, 0.717) is 31.7 Å². The Morgan fingerprint density at radius 2 is 1.86 bits per heavy atom. The maximum absolute atomic E-state index is 13.0.